The number of aromatic nitrogens is 2. The van der Waals surface area contributed by atoms with Crippen LogP contribution in [0.2, 0.25) is 0 Å². The first kappa shape index (κ1) is 19.0. The maximum Gasteiger partial charge on any atom is 0.296 e. The Morgan fingerprint density at radius 2 is 1.94 bits per heavy atom. The molecule has 1 aliphatic heterocycles. The Bertz CT molecular complexity index is 1370. The number of aryl methyl sites for hydroxylation is 1. The highest BCUT2D eigenvalue weighted by Gasteiger charge is 2.48. The number of carbonyl (C=O) groups is 2. The van der Waals surface area contributed by atoms with Gasteiger partial charge in [0.1, 0.15) is 23.1 Å². The molecule has 1 aliphatic rings. The number of hydrogen-bond donors (Lipinski definition) is 2. The normalized spacial score (nSPS) is 16.5. The average molecular weight is 433 g/mol. The number of hydrogen-bond acceptors (Lipinski definition) is 8. The van der Waals surface area contributed by atoms with Gasteiger partial charge in [-0.3, -0.25) is 14.5 Å². The van der Waals surface area contributed by atoms with Crippen molar-refractivity contribution in [1.82, 2.24) is 10.2 Å². The first-order valence-corrected chi connectivity index (χ1v) is 10.2. The number of ketones is 1. The molecule has 0 radical (unpaired) electrons. The maximum atomic E-state index is 13.4. The number of carbonyl (C=O) groups excluding carboxylic acids is 2. The van der Waals surface area contributed by atoms with Crippen molar-refractivity contribution >= 4 is 38.9 Å². The predicted molar refractivity (Wildman–Crippen MR) is 113 cm³/mol. The van der Waals surface area contributed by atoms with E-state index in [0.717, 1.165) is 16.7 Å². The molecule has 4 aromatic rings. The Kier molecular flexibility index (Phi) is 4.33. The number of furan rings is 1. The molecule has 0 aliphatic carbocycles. The Labute approximate surface area is 179 Å². The monoisotopic (exact) mass is 433 g/mol. The van der Waals surface area contributed by atoms with Gasteiger partial charge in [0.05, 0.1) is 5.57 Å². The van der Waals surface area contributed by atoms with Gasteiger partial charge in [0, 0.05) is 5.56 Å². The molecule has 5 rings (SSSR count). The van der Waals surface area contributed by atoms with Gasteiger partial charge in [-0.1, -0.05) is 41.7 Å². The van der Waals surface area contributed by atoms with Crippen molar-refractivity contribution in [3.05, 3.63) is 82.5 Å². The zero-order valence-corrected chi connectivity index (χ0v) is 17.0. The maximum absolute atomic E-state index is 13.4. The number of nitrogens with zero attached hydrogens (tertiary/aromatic N) is 3. The Morgan fingerprint density at radius 3 is 2.65 bits per heavy atom. The Hall–Kier alpha value is -3.98. The van der Waals surface area contributed by atoms with Crippen molar-refractivity contribution in [2.24, 2.45) is 0 Å². The standard InChI is InChI=1S/C22H15N3O5S/c1-11-6-9-15(30-11)19(27)17-18(25(21(29)20(17)28)22-24-23-10-31-22)16-13-5-3-2-4-12(13)7-8-14(16)26/h2-10,18,26,28H,1H3. The number of phenols is 1. The van der Waals surface area contributed by atoms with E-state index in [0.29, 0.717) is 16.7 Å². The number of Topliss-reactive ketones (excluding diaryl/α,β-unsaturated/α-hetero) is 1. The van der Waals surface area contributed by atoms with Gasteiger partial charge in [0.15, 0.2) is 11.5 Å². The van der Waals surface area contributed by atoms with E-state index in [1.54, 1.807) is 31.2 Å². The molecular weight excluding hydrogens is 418 g/mol. The summed E-state index contributed by atoms with van der Waals surface area (Å²) in [5, 5.41) is 30.9. The van der Waals surface area contributed by atoms with Crippen molar-refractivity contribution in [1.29, 1.82) is 0 Å². The third-order valence-corrected chi connectivity index (χ3v) is 5.88. The minimum Gasteiger partial charge on any atom is -0.508 e. The zero-order valence-electron chi connectivity index (χ0n) is 16.1. The van der Waals surface area contributed by atoms with E-state index < -0.39 is 23.5 Å². The van der Waals surface area contributed by atoms with Crippen LogP contribution in [0.25, 0.3) is 10.8 Å². The van der Waals surface area contributed by atoms with Crippen LogP contribution in [0.1, 0.15) is 27.9 Å². The summed E-state index contributed by atoms with van der Waals surface area (Å²) >= 11 is 1.08. The number of anilines is 1. The molecule has 0 spiro atoms. The van der Waals surface area contributed by atoms with Gasteiger partial charge in [0.25, 0.3) is 5.91 Å². The lowest BCUT2D eigenvalue weighted by atomic mass is 9.90. The summed E-state index contributed by atoms with van der Waals surface area (Å²) in [6, 6.07) is 12.5. The number of rotatable bonds is 4. The molecule has 0 fully saturated rings. The molecule has 1 unspecified atom stereocenters. The number of aliphatic hydroxyl groups excluding tert-OH is 1. The molecule has 31 heavy (non-hydrogen) atoms. The van der Waals surface area contributed by atoms with E-state index >= 15 is 0 Å². The lowest BCUT2D eigenvalue weighted by Crippen LogP contribution is -2.31. The molecular formula is C22H15N3O5S. The molecule has 2 aromatic heterocycles. The van der Waals surface area contributed by atoms with Crippen LogP contribution in [-0.4, -0.2) is 32.1 Å². The third-order valence-electron chi connectivity index (χ3n) is 5.19. The number of phenolic OH excluding ortho intramolecular Hbond substituents is 1. The summed E-state index contributed by atoms with van der Waals surface area (Å²) in [7, 11) is 0. The fourth-order valence-electron chi connectivity index (χ4n) is 3.84. The van der Waals surface area contributed by atoms with E-state index in [-0.39, 0.29) is 22.2 Å². The number of amides is 1. The SMILES string of the molecule is Cc1ccc(C(=O)C2=C(O)C(=O)N(c3nncs3)C2c2c(O)ccc3ccccc23)o1. The smallest absolute Gasteiger partial charge is 0.296 e. The van der Waals surface area contributed by atoms with Crippen LogP contribution >= 0.6 is 11.3 Å². The van der Waals surface area contributed by atoms with Gasteiger partial charge in [-0.15, -0.1) is 10.2 Å². The first-order valence-electron chi connectivity index (χ1n) is 9.32. The van der Waals surface area contributed by atoms with Crippen molar-refractivity contribution in [2.75, 3.05) is 4.90 Å². The van der Waals surface area contributed by atoms with Crippen molar-refractivity contribution in [3.63, 3.8) is 0 Å². The van der Waals surface area contributed by atoms with Crippen molar-refractivity contribution in [2.45, 2.75) is 13.0 Å². The Morgan fingerprint density at radius 1 is 1.13 bits per heavy atom. The van der Waals surface area contributed by atoms with E-state index in [9.17, 15) is 19.8 Å². The molecule has 2 N–H and O–H groups in total. The number of benzene rings is 2. The van der Waals surface area contributed by atoms with Crippen molar-refractivity contribution < 1.29 is 24.2 Å². The largest absolute Gasteiger partial charge is 0.508 e. The fourth-order valence-corrected chi connectivity index (χ4v) is 4.43. The highest BCUT2D eigenvalue weighted by Crippen LogP contribution is 2.47. The van der Waals surface area contributed by atoms with Crippen LogP contribution < -0.4 is 4.90 Å². The first-order chi connectivity index (χ1) is 15.0. The number of fused-ring (bicyclic) bond motifs is 1. The van der Waals surface area contributed by atoms with Crippen LogP contribution in [0.15, 0.2) is 69.8 Å². The molecule has 0 bridgehead atoms. The summed E-state index contributed by atoms with van der Waals surface area (Å²) < 4.78 is 5.46. The van der Waals surface area contributed by atoms with Crippen molar-refractivity contribution in [3.8, 4) is 5.75 Å². The summed E-state index contributed by atoms with van der Waals surface area (Å²) in [5.74, 6) is -1.80. The van der Waals surface area contributed by atoms with Crippen LogP contribution in [0, 0.1) is 6.92 Å². The van der Waals surface area contributed by atoms with Gasteiger partial charge >= 0.3 is 0 Å². The zero-order chi connectivity index (χ0) is 21.7. The Balaban J connectivity index is 1.79. The van der Waals surface area contributed by atoms with Crippen LogP contribution in [0.5, 0.6) is 5.75 Å². The number of aromatic hydroxyl groups is 1. The van der Waals surface area contributed by atoms with Crippen LogP contribution in [0.3, 0.4) is 0 Å². The number of aliphatic hydroxyl groups is 1. The molecule has 3 heterocycles. The van der Waals surface area contributed by atoms with Gasteiger partial charge in [-0.2, -0.15) is 0 Å². The molecule has 9 heteroatoms. The van der Waals surface area contributed by atoms with Crippen LogP contribution in [-0.2, 0) is 4.79 Å². The summed E-state index contributed by atoms with van der Waals surface area (Å²) in [5.41, 5.74) is 1.55. The quantitative estimate of drug-likeness (QED) is 0.466. The second-order valence-electron chi connectivity index (χ2n) is 7.02. The summed E-state index contributed by atoms with van der Waals surface area (Å²) in [6.07, 6.45) is 0. The summed E-state index contributed by atoms with van der Waals surface area (Å²) in [6.45, 7) is 1.69. The van der Waals surface area contributed by atoms with Gasteiger partial charge < -0.3 is 14.6 Å². The summed E-state index contributed by atoms with van der Waals surface area (Å²) in [4.78, 5) is 27.6. The van der Waals surface area contributed by atoms with Gasteiger partial charge in [-0.25, -0.2) is 0 Å². The van der Waals surface area contributed by atoms with E-state index in [4.69, 9.17) is 4.42 Å². The van der Waals surface area contributed by atoms with E-state index in [1.807, 2.05) is 12.1 Å². The minimum atomic E-state index is -1.12. The topological polar surface area (TPSA) is 117 Å². The highest BCUT2D eigenvalue weighted by molar-refractivity contribution is 7.13. The molecule has 1 atom stereocenters. The average Bonchev–Trinajstić information content (AvgIpc) is 3.49. The highest BCUT2D eigenvalue weighted by atomic mass is 32.1. The fraction of sp³-hybridized carbons (Fsp3) is 0.0909. The predicted octanol–water partition coefficient (Wildman–Crippen LogP) is 4.08. The van der Waals surface area contributed by atoms with Gasteiger partial charge in [-0.05, 0) is 35.9 Å². The molecule has 8 nitrogen and oxygen atoms in total. The molecule has 0 saturated carbocycles. The molecule has 0 saturated heterocycles. The van der Waals surface area contributed by atoms with Crippen LogP contribution in [0.4, 0.5) is 5.13 Å². The van der Waals surface area contributed by atoms with E-state index in [2.05, 4.69) is 10.2 Å². The molecule has 1 amide bonds. The van der Waals surface area contributed by atoms with E-state index in [1.165, 1.54) is 22.5 Å². The minimum absolute atomic E-state index is 0.0179. The molecule has 154 valence electrons. The van der Waals surface area contributed by atoms with Gasteiger partial charge in [0.2, 0.25) is 10.9 Å². The molecule has 2 aromatic carbocycles. The lowest BCUT2D eigenvalue weighted by Gasteiger charge is -2.25. The second-order valence-corrected chi connectivity index (χ2v) is 7.83. The lowest BCUT2D eigenvalue weighted by molar-refractivity contribution is -0.117. The second kappa shape index (κ2) is 7.06. The third kappa shape index (κ3) is 2.89.